The fraction of sp³-hybridized carbons (Fsp3) is 0.261. The highest BCUT2D eigenvalue weighted by Crippen LogP contribution is 2.33. The van der Waals surface area contributed by atoms with Crippen molar-refractivity contribution in [3.8, 4) is 11.6 Å². The van der Waals surface area contributed by atoms with E-state index >= 15 is 0 Å². The van der Waals surface area contributed by atoms with E-state index in [0.717, 1.165) is 28.5 Å². The van der Waals surface area contributed by atoms with Gasteiger partial charge in [-0.2, -0.15) is 4.98 Å². The van der Waals surface area contributed by atoms with Gasteiger partial charge in [0.1, 0.15) is 10.6 Å². The molecule has 8 heteroatoms. The molecule has 4 rings (SSSR count). The van der Waals surface area contributed by atoms with Gasteiger partial charge in [0.05, 0.1) is 24.0 Å². The number of carbonyl (C=O) groups is 1. The van der Waals surface area contributed by atoms with Crippen molar-refractivity contribution in [2.45, 2.75) is 19.9 Å². The molecule has 7 nitrogen and oxygen atoms in total. The third-order valence-electron chi connectivity index (χ3n) is 4.98. The SMILES string of the molecule is CCCOc1ccc2ccccc2c1CN(C)C(=O)c1cc2c(OC)nc(N)nc2s1. The number of rotatable bonds is 7. The monoisotopic (exact) mass is 436 g/mol. The molecule has 2 N–H and O–H groups in total. The van der Waals surface area contributed by atoms with Crippen LogP contribution in [-0.2, 0) is 6.54 Å². The molecule has 31 heavy (non-hydrogen) atoms. The van der Waals surface area contributed by atoms with Gasteiger partial charge in [0, 0.05) is 19.2 Å². The molecular formula is C23H24N4O3S. The van der Waals surface area contributed by atoms with E-state index in [1.54, 1.807) is 18.0 Å². The number of fused-ring (bicyclic) bond motifs is 2. The largest absolute Gasteiger partial charge is 0.493 e. The first kappa shape index (κ1) is 20.9. The summed E-state index contributed by atoms with van der Waals surface area (Å²) in [4.78, 5) is 24.4. The first-order valence-electron chi connectivity index (χ1n) is 10.0. The van der Waals surface area contributed by atoms with Crippen molar-refractivity contribution in [3.63, 3.8) is 0 Å². The second kappa shape index (κ2) is 8.77. The van der Waals surface area contributed by atoms with E-state index in [1.165, 1.54) is 18.4 Å². The van der Waals surface area contributed by atoms with Gasteiger partial charge in [0.15, 0.2) is 0 Å². The molecule has 0 spiro atoms. The third-order valence-corrected chi connectivity index (χ3v) is 6.00. The van der Waals surface area contributed by atoms with E-state index in [-0.39, 0.29) is 11.9 Å². The summed E-state index contributed by atoms with van der Waals surface area (Å²) in [5, 5.41) is 2.86. The number of hydrogen-bond donors (Lipinski definition) is 1. The van der Waals surface area contributed by atoms with Crippen molar-refractivity contribution in [3.05, 3.63) is 52.9 Å². The molecule has 0 unspecified atom stereocenters. The van der Waals surface area contributed by atoms with E-state index in [4.69, 9.17) is 15.2 Å². The Morgan fingerprint density at radius 1 is 1.16 bits per heavy atom. The fourth-order valence-corrected chi connectivity index (χ4v) is 4.52. The fourth-order valence-electron chi connectivity index (χ4n) is 3.50. The summed E-state index contributed by atoms with van der Waals surface area (Å²) >= 11 is 1.28. The molecule has 1 amide bonds. The summed E-state index contributed by atoms with van der Waals surface area (Å²) in [6.07, 6.45) is 0.912. The van der Waals surface area contributed by atoms with E-state index in [1.807, 2.05) is 24.3 Å². The Bertz CT molecular complexity index is 1250. The lowest BCUT2D eigenvalue weighted by Crippen LogP contribution is -2.25. The Morgan fingerprint density at radius 3 is 2.74 bits per heavy atom. The van der Waals surface area contributed by atoms with Crippen LogP contribution in [0.25, 0.3) is 21.0 Å². The molecule has 0 fully saturated rings. The molecule has 0 aliphatic carbocycles. The van der Waals surface area contributed by atoms with Crippen LogP contribution in [0.15, 0.2) is 42.5 Å². The number of thiophene rings is 1. The average Bonchev–Trinajstić information content (AvgIpc) is 3.21. The van der Waals surface area contributed by atoms with E-state index in [0.29, 0.717) is 34.1 Å². The highest BCUT2D eigenvalue weighted by atomic mass is 32.1. The van der Waals surface area contributed by atoms with Crippen LogP contribution in [-0.4, -0.2) is 41.5 Å². The Kier molecular flexibility index (Phi) is 5.90. The number of hydrogen-bond acceptors (Lipinski definition) is 7. The molecular weight excluding hydrogens is 412 g/mol. The third kappa shape index (κ3) is 4.11. The number of carbonyl (C=O) groups excluding carboxylic acids is 1. The minimum atomic E-state index is -0.113. The molecule has 2 aromatic heterocycles. The predicted octanol–water partition coefficient (Wildman–Crippen LogP) is 4.50. The Balaban J connectivity index is 1.68. The zero-order valence-electron chi connectivity index (χ0n) is 17.7. The van der Waals surface area contributed by atoms with Crippen LogP contribution in [0.4, 0.5) is 5.95 Å². The lowest BCUT2D eigenvalue weighted by Gasteiger charge is -2.20. The number of anilines is 1. The Morgan fingerprint density at radius 2 is 1.97 bits per heavy atom. The van der Waals surface area contributed by atoms with Gasteiger partial charge in [-0.1, -0.05) is 37.3 Å². The molecule has 0 aliphatic rings. The molecule has 2 heterocycles. The number of methoxy groups -OCH3 is 1. The second-order valence-corrected chi connectivity index (χ2v) is 8.22. The minimum Gasteiger partial charge on any atom is -0.493 e. The molecule has 160 valence electrons. The summed E-state index contributed by atoms with van der Waals surface area (Å²) < 4.78 is 11.3. The maximum atomic E-state index is 13.2. The van der Waals surface area contributed by atoms with Gasteiger partial charge in [-0.3, -0.25) is 4.79 Å². The van der Waals surface area contributed by atoms with Crippen LogP contribution < -0.4 is 15.2 Å². The van der Waals surface area contributed by atoms with Crippen LogP contribution >= 0.6 is 11.3 Å². The number of ether oxygens (including phenoxy) is 2. The van der Waals surface area contributed by atoms with Crippen molar-refractivity contribution >= 4 is 44.2 Å². The number of amides is 1. The van der Waals surface area contributed by atoms with Crippen LogP contribution in [0.5, 0.6) is 11.6 Å². The highest BCUT2D eigenvalue weighted by molar-refractivity contribution is 7.20. The topological polar surface area (TPSA) is 90.6 Å². The molecule has 0 aliphatic heterocycles. The minimum absolute atomic E-state index is 0.113. The molecule has 2 aromatic carbocycles. The van der Waals surface area contributed by atoms with Crippen molar-refractivity contribution in [1.82, 2.24) is 14.9 Å². The second-order valence-electron chi connectivity index (χ2n) is 7.19. The quantitative estimate of drug-likeness (QED) is 0.459. The summed E-state index contributed by atoms with van der Waals surface area (Å²) in [5.74, 6) is 1.17. The molecule has 0 bridgehead atoms. The van der Waals surface area contributed by atoms with Gasteiger partial charge < -0.3 is 20.1 Å². The first-order valence-corrected chi connectivity index (χ1v) is 10.8. The normalized spacial score (nSPS) is 11.1. The molecule has 0 saturated heterocycles. The van der Waals surface area contributed by atoms with Crippen LogP contribution in [0.1, 0.15) is 28.6 Å². The van der Waals surface area contributed by atoms with Crippen LogP contribution in [0, 0.1) is 0 Å². The van der Waals surface area contributed by atoms with Crippen LogP contribution in [0.2, 0.25) is 0 Å². The molecule has 0 radical (unpaired) electrons. The van der Waals surface area contributed by atoms with Gasteiger partial charge in [-0.05, 0) is 29.3 Å². The van der Waals surface area contributed by atoms with Gasteiger partial charge in [0.2, 0.25) is 11.8 Å². The van der Waals surface area contributed by atoms with E-state index < -0.39 is 0 Å². The summed E-state index contributed by atoms with van der Waals surface area (Å²) in [6.45, 7) is 3.11. The van der Waals surface area contributed by atoms with Gasteiger partial charge in [0.25, 0.3) is 5.91 Å². The number of benzene rings is 2. The zero-order valence-corrected chi connectivity index (χ0v) is 18.5. The number of aromatic nitrogens is 2. The Hall–Kier alpha value is -3.39. The van der Waals surface area contributed by atoms with Crippen molar-refractivity contribution < 1.29 is 14.3 Å². The van der Waals surface area contributed by atoms with Crippen molar-refractivity contribution in [1.29, 1.82) is 0 Å². The smallest absolute Gasteiger partial charge is 0.264 e. The summed E-state index contributed by atoms with van der Waals surface area (Å²) in [6, 6.07) is 13.9. The molecule has 0 saturated carbocycles. The first-order chi connectivity index (χ1) is 15.0. The lowest BCUT2D eigenvalue weighted by atomic mass is 10.0. The van der Waals surface area contributed by atoms with Gasteiger partial charge in [-0.25, -0.2) is 4.98 Å². The predicted molar refractivity (Wildman–Crippen MR) is 124 cm³/mol. The summed E-state index contributed by atoms with van der Waals surface area (Å²) in [7, 11) is 3.31. The number of nitrogens with zero attached hydrogens (tertiary/aromatic N) is 3. The van der Waals surface area contributed by atoms with E-state index in [9.17, 15) is 4.79 Å². The molecule has 4 aromatic rings. The molecule has 0 atom stereocenters. The maximum absolute atomic E-state index is 13.2. The number of nitrogens with two attached hydrogens (primary N) is 1. The van der Waals surface area contributed by atoms with Gasteiger partial charge >= 0.3 is 0 Å². The maximum Gasteiger partial charge on any atom is 0.264 e. The Labute approximate surface area is 184 Å². The van der Waals surface area contributed by atoms with Crippen molar-refractivity contribution in [2.24, 2.45) is 0 Å². The average molecular weight is 437 g/mol. The van der Waals surface area contributed by atoms with Crippen molar-refractivity contribution in [2.75, 3.05) is 26.5 Å². The van der Waals surface area contributed by atoms with E-state index in [2.05, 4.69) is 29.0 Å². The summed E-state index contributed by atoms with van der Waals surface area (Å²) in [5.41, 5.74) is 6.74. The van der Waals surface area contributed by atoms with Gasteiger partial charge in [-0.15, -0.1) is 11.3 Å². The highest BCUT2D eigenvalue weighted by Gasteiger charge is 2.20. The zero-order chi connectivity index (χ0) is 22.0. The lowest BCUT2D eigenvalue weighted by molar-refractivity contribution is 0.0789. The van der Waals surface area contributed by atoms with Crippen LogP contribution in [0.3, 0.4) is 0 Å². The number of nitrogen functional groups attached to an aromatic ring is 1. The standard InChI is InChI=1S/C23H24N4O3S/c1-4-11-30-18-10-9-14-7-5-6-8-15(14)17(18)13-27(2)22(28)19-12-16-20(29-3)25-23(24)26-21(16)31-19/h5-10,12H,4,11,13H2,1-3H3,(H2,24,25,26).